The van der Waals surface area contributed by atoms with E-state index in [9.17, 15) is 9.90 Å². The number of carbonyl (C=O) groups is 1. The number of hydrogen-bond acceptors (Lipinski definition) is 6. The molecule has 3 N–H and O–H groups in total. The van der Waals surface area contributed by atoms with Crippen molar-refractivity contribution in [1.82, 2.24) is 4.98 Å². The number of aryl methyl sites for hydroxylation is 1. The zero-order chi connectivity index (χ0) is 22.4. The number of ketones is 1. The lowest BCUT2D eigenvalue weighted by molar-refractivity contribution is 0.104. The van der Waals surface area contributed by atoms with Crippen molar-refractivity contribution in [2.75, 3.05) is 5.73 Å². The van der Waals surface area contributed by atoms with E-state index in [1.165, 1.54) is 17.6 Å². The summed E-state index contributed by atoms with van der Waals surface area (Å²) in [5.74, 6) is 0.823. The smallest absolute Gasteiger partial charge is 0.227 e. The number of halogens is 1. The predicted molar refractivity (Wildman–Crippen MR) is 128 cm³/mol. The summed E-state index contributed by atoms with van der Waals surface area (Å²) in [5.41, 5.74) is 9.54. The van der Waals surface area contributed by atoms with Crippen molar-refractivity contribution in [2.24, 2.45) is 0 Å². The van der Waals surface area contributed by atoms with E-state index in [-0.39, 0.29) is 11.5 Å². The van der Waals surface area contributed by atoms with E-state index in [1.807, 2.05) is 37.3 Å². The van der Waals surface area contributed by atoms with Crippen molar-refractivity contribution in [1.29, 1.82) is 0 Å². The Morgan fingerprint density at radius 1 is 1.06 bits per heavy atom. The number of nitrogens with two attached hydrogens (primary N) is 1. The first-order valence-corrected chi connectivity index (χ1v) is 11.0. The van der Waals surface area contributed by atoms with Gasteiger partial charge in [0.15, 0.2) is 5.82 Å². The van der Waals surface area contributed by atoms with Crippen molar-refractivity contribution in [2.45, 2.75) is 6.92 Å². The monoisotopic (exact) mass is 460 g/mol. The van der Waals surface area contributed by atoms with Gasteiger partial charge in [-0.05, 0) is 66.6 Å². The van der Waals surface area contributed by atoms with Gasteiger partial charge >= 0.3 is 0 Å². The molecule has 5 nitrogen and oxygen atoms in total. The first-order chi connectivity index (χ1) is 15.4. The van der Waals surface area contributed by atoms with Gasteiger partial charge in [0.2, 0.25) is 11.7 Å². The molecule has 3 aromatic carbocycles. The van der Waals surface area contributed by atoms with Gasteiger partial charge in [-0.15, -0.1) is 11.3 Å². The maximum absolute atomic E-state index is 13.6. The lowest BCUT2D eigenvalue weighted by Gasteiger charge is -2.08. The zero-order valence-electron chi connectivity index (χ0n) is 16.9. The lowest BCUT2D eigenvalue weighted by Crippen LogP contribution is -2.03. The summed E-state index contributed by atoms with van der Waals surface area (Å²) >= 11 is 7.45. The number of benzene rings is 3. The van der Waals surface area contributed by atoms with Crippen LogP contribution in [0, 0.1) is 6.92 Å². The third-order valence-corrected chi connectivity index (χ3v) is 6.64. The Kier molecular flexibility index (Phi) is 4.96. The summed E-state index contributed by atoms with van der Waals surface area (Å²) in [6.07, 6.45) is 1.40. The van der Waals surface area contributed by atoms with Crippen molar-refractivity contribution in [3.05, 3.63) is 88.0 Å². The molecule has 0 spiro atoms. The quantitative estimate of drug-likeness (QED) is 0.291. The first kappa shape index (κ1) is 20.3. The van der Waals surface area contributed by atoms with E-state index in [0.717, 1.165) is 32.3 Å². The van der Waals surface area contributed by atoms with Crippen LogP contribution in [0.3, 0.4) is 0 Å². The maximum Gasteiger partial charge on any atom is 0.227 e. The number of nitrogen functional groups attached to an aromatic ring is 1. The summed E-state index contributed by atoms with van der Waals surface area (Å²) < 4.78 is 6.21. The number of aromatic hydroxyl groups is 1. The van der Waals surface area contributed by atoms with Crippen molar-refractivity contribution >= 4 is 44.6 Å². The number of hydrogen-bond donors (Lipinski definition) is 2. The van der Waals surface area contributed by atoms with Crippen molar-refractivity contribution in [3.8, 4) is 28.3 Å². The summed E-state index contributed by atoms with van der Waals surface area (Å²) in [4.78, 5) is 18.3. The molecule has 0 aliphatic carbocycles. The number of aromatic nitrogens is 1. The van der Waals surface area contributed by atoms with E-state index in [4.69, 9.17) is 21.8 Å². The molecule has 2 aromatic heterocycles. The molecule has 2 heterocycles. The fourth-order valence-electron chi connectivity index (χ4n) is 3.73. The Hall–Kier alpha value is -3.61. The van der Waals surface area contributed by atoms with Gasteiger partial charge in [-0.1, -0.05) is 23.7 Å². The minimum Gasteiger partial charge on any atom is -0.508 e. The van der Waals surface area contributed by atoms with Gasteiger partial charge in [-0.25, -0.2) is 0 Å². The third kappa shape index (κ3) is 3.53. The highest BCUT2D eigenvalue weighted by molar-refractivity contribution is 7.21. The number of fused-ring (bicyclic) bond motifs is 1. The molecule has 0 aliphatic heterocycles. The molecule has 0 atom stereocenters. The molecule has 158 valence electrons. The molecular weight excluding hydrogens is 444 g/mol. The molecule has 32 heavy (non-hydrogen) atoms. The molecule has 0 saturated heterocycles. The highest BCUT2D eigenvalue weighted by Crippen LogP contribution is 2.42. The van der Waals surface area contributed by atoms with Gasteiger partial charge in [0.1, 0.15) is 12.0 Å². The molecule has 5 rings (SSSR count). The van der Waals surface area contributed by atoms with Crippen LogP contribution < -0.4 is 5.73 Å². The normalized spacial score (nSPS) is 11.2. The number of nitrogens with zero attached hydrogens (tertiary/aromatic N) is 1. The average molecular weight is 461 g/mol. The van der Waals surface area contributed by atoms with Crippen LogP contribution in [0.25, 0.3) is 32.7 Å². The Bertz CT molecular complexity index is 1490. The molecule has 0 radical (unpaired) electrons. The van der Waals surface area contributed by atoms with Crippen LogP contribution in [0.1, 0.15) is 20.8 Å². The summed E-state index contributed by atoms with van der Waals surface area (Å²) in [5, 5.41) is 11.5. The number of thiophene rings is 1. The minimum absolute atomic E-state index is 0.0839. The molecular formula is C25H17ClN2O3S. The number of oxazole rings is 1. The Balaban J connectivity index is 1.67. The highest BCUT2D eigenvalue weighted by Gasteiger charge is 2.23. The van der Waals surface area contributed by atoms with Gasteiger partial charge in [-0.2, -0.15) is 4.98 Å². The van der Waals surface area contributed by atoms with Gasteiger partial charge in [0.25, 0.3) is 0 Å². The lowest BCUT2D eigenvalue weighted by atomic mass is 9.96. The second-order valence-electron chi connectivity index (χ2n) is 7.43. The van der Waals surface area contributed by atoms with Crippen LogP contribution in [0.5, 0.6) is 5.75 Å². The maximum atomic E-state index is 13.6. The van der Waals surface area contributed by atoms with Crippen LogP contribution in [0.4, 0.5) is 5.82 Å². The highest BCUT2D eigenvalue weighted by atomic mass is 35.5. The Labute approximate surface area is 192 Å². The number of rotatable bonds is 4. The zero-order valence-corrected chi connectivity index (χ0v) is 18.5. The second-order valence-corrected chi connectivity index (χ2v) is 8.92. The molecule has 0 aliphatic rings. The molecule has 0 fully saturated rings. The summed E-state index contributed by atoms with van der Waals surface area (Å²) in [6, 6.07) is 18.0. The van der Waals surface area contributed by atoms with Crippen molar-refractivity contribution in [3.63, 3.8) is 0 Å². The third-order valence-electron chi connectivity index (χ3n) is 5.26. The van der Waals surface area contributed by atoms with Gasteiger partial charge in [0, 0.05) is 31.8 Å². The Morgan fingerprint density at radius 2 is 1.81 bits per heavy atom. The number of phenols is 1. The fourth-order valence-corrected chi connectivity index (χ4v) is 5.17. The second kappa shape index (κ2) is 7.82. The van der Waals surface area contributed by atoms with E-state index < -0.39 is 0 Å². The predicted octanol–water partition coefficient (Wildman–Crippen LogP) is 6.70. The standard InChI is InChI=1S/C25H17ClN2O3S/c1-13-10-16(26)6-8-18(13)23(30)24-22(19-9-7-17(29)11-20(19)32-24)14-2-4-15(5-3-14)25-28-21(27)12-31-25/h2-12,29H,27H2,1H3. The van der Waals surface area contributed by atoms with Crippen LogP contribution in [-0.4, -0.2) is 15.9 Å². The molecule has 0 bridgehead atoms. The summed E-state index contributed by atoms with van der Waals surface area (Å²) in [6.45, 7) is 1.87. The van der Waals surface area contributed by atoms with Crippen LogP contribution >= 0.6 is 22.9 Å². The van der Waals surface area contributed by atoms with Crippen LogP contribution in [0.2, 0.25) is 5.02 Å². The summed E-state index contributed by atoms with van der Waals surface area (Å²) in [7, 11) is 0. The van der Waals surface area contributed by atoms with E-state index in [1.54, 1.807) is 30.3 Å². The van der Waals surface area contributed by atoms with E-state index >= 15 is 0 Å². The minimum atomic E-state index is -0.0839. The van der Waals surface area contributed by atoms with E-state index in [0.29, 0.717) is 27.2 Å². The Morgan fingerprint density at radius 3 is 2.50 bits per heavy atom. The number of anilines is 1. The van der Waals surface area contributed by atoms with Crippen LogP contribution in [0.15, 0.2) is 71.3 Å². The molecule has 5 aromatic rings. The number of carbonyl (C=O) groups excluding carboxylic acids is 1. The topological polar surface area (TPSA) is 89.3 Å². The molecule has 0 amide bonds. The van der Waals surface area contributed by atoms with Gasteiger partial charge in [-0.3, -0.25) is 4.79 Å². The first-order valence-electron chi connectivity index (χ1n) is 9.79. The number of phenolic OH excluding ortho intramolecular Hbond substituents is 1. The molecule has 0 unspecified atom stereocenters. The molecule has 0 saturated carbocycles. The molecule has 7 heteroatoms. The van der Waals surface area contributed by atoms with Gasteiger partial charge in [0.05, 0.1) is 4.88 Å². The average Bonchev–Trinajstić information content (AvgIpc) is 3.37. The van der Waals surface area contributed by atoms with Gasteiger partial charge < -0.3 is 15.3 Å². The van der Waals surface area contributed by atoms with E-state index in [2.05, 4.69) is 4.98 Å². The SMILES string of the molecule is Cc1cc(Cl)ccc1C(=O)c1sc2cc(O)ccc2c1-c1ccc(-c2nc(N)co2)cc1. The largest absolute Gasteiger partial charge is 0.508 e. The van der Waals surface area contributed by atoms with Crippen LogP contribution in [-0.2, 0) is 0 Å². The fraction of sp³-hybridized carbons (Fsp3) is 0.0400. The van der Waals surface area contributed by atoms with Crippen molar-refractivity contribution < 1.29 is 14.3 Å².